The van der Waals surface area contributed by atoms with Gasteiger partial charge in [0.25, 0.3) is 5.91 Å². The van der Waals surface area contributed by atoms with Gasteiger partial charge in [-0.25, -0.2) is 0 Å². The molecule has 1 aromatic rings. The van der Waals surface area contributed by atoms with Crippen molar-refractivity contribution in [2.24, 2.45) is 11.8 Å². The molecule has 4 atom stereocenters. The summed E-state index contributed by atoms with van der Waals surface area (Å²) in [4.78, 5) is 18.7. The molecule has 0 saturated carbocycles. The Morgan fingerprint density at radius 3 is 3.05 bits per heavy atom. The SMILES string of the molecule is C=CC1CN2CCC1C(NC(=O)c1ccccn1)C2. The molecule has 0 aliphatic carbocycles. The highest BCUT2D eigenvalue weighted by Crippen LogP contribution is 2.33. The lowest BCUT2D eigenvalue weighted by Gasteiger charge is -2.48. The van der Waals surface area contributed by atoms with Crippen LogP contribution in [-0.2, 0) is 0 Å². The van der Waals surface area contributed by atoms with Gasteiger partial charge in [-0.3, -0.25) is 9.78 Å². The van der Waals surface area contributed by atoms with Gasteiger partial charge in [0.05, 0.1) is 0 Å². The summed E-state index contributed by atoms with van der Waals surface area (Å²) < 4.78 is 0. The van der Waals surface area contributed by atoms with E-state index in [2.05, 4.69) is 21.8 Å². The lowest BCUT2D eigenvalue weighted by molar-refractivity contribution is 0.0364. The molecule has 3 fully saturated rings. The number of nitrogens with zero attached hydrogens (tertiary/aromatic N) is 2. The van der Waals surface area contributed by atoms with Crippen LogP contribution in [0.4, 0.5) is 0 Å². The normalized spacial score (nSPS) is 32.8. The minimum absolute atomic E-state index is 0.0674. The highest BCUT2D eigenvalue weighted by molar-refractivity contribution is 5.92. The third-order valence-corrected chi connectivity index (χ3v) is 4.29. The second-order valence-electron chi connectivity index (χ2n) is 5.41. The molecule has 1 amide bonds. The number of piperidine rings is 3. The van der Waals surface area contributed by atoms with Gasteiger partial charge in [-0.05, 0) is 36.9 Å². The summed E-state index contributed by atoms with van der Waals surface area (Å²) in [6.07, 6.45) is 4.83. The van der Waals surface area contributed by atoms with Crippen molar-refractivity contribution in [3.8, 4) is 0 Å². The minimum atomic E-state index is -0.0674. The molecule has 0 spiro atoms. The van der Waals surface area contributed by atoms with E-state index in [1.54, 1.807) is 12.3 Å². The second kappa shape index (κ2) is 5.13. The third-order valence-electron chi connectivity index (χ3n) is 4.29. The molecule has 4 nitrogen and oxygen atoms in total. The first-order chi connectivity index (χ1) is 9.28. The number of aromatic nitrogens is 1. The van der Waals surface area contributed by atoms with E-state index in [9.17, 15) is 4.79 Å². The summed E-state index contributed by atoms with van der Waals surface area (Å²) in [5.74, 6) is 0.953. The number of amides is 1. The molecule has 1 aromatic heterocycles. The molecule has 2 bridgehead atoms. The monoisotopic (exact) mass is 257 g/mol. The van der Waals surface area contributed by atoms with Crippen LogP contribution < -0.4 is 5.32 Å². The Labute approximate surface area is 113 Å². The number of fused-ring (bicyclic) bond motifs is 3. The Morgan fingerprint density at radius 1 is 1.47 bits per heavy atom. The molecule has 1 N–H and O–H groups in total. The summed E-state index contributed by atoms with van der Waals surface area (Å²) >= 11 is 0. The minimum Gasteiger partial charge on any atom is -0.346 e. The van der Waals surface area contributed by atoms with E-state index in [0.717, 1.165) is 26.1 Å². The van der Waals surface area contributed by atoms with E-state index in [1.807, 2.05) is 18.2 Å². The van der Waals surface area contributed by atoms with Crippen molar-refractivity contribution in [2.75, 3.05) is 19.6 Å². The fourth-order valence-electron chi connectivity index (χ4n) is 3.29. The summed E-state index contributed by atoms with van der Waals surface area (Å²) in [5.41, 5.74) is 0.495. The Morgan fingerprint density at radius 2 is 2.37 bits per heavy atom. The number of pyridine rings is 1. The van der Waals surface area contributed by atoms with Crippen LogP contribution in [-0.4, -0.2) is 41.5 Å². The molecule has 19 heavy (non-hydrogen) atoms. The summed E-state index contributed by atoms with van der Waals surface area (Å²) in [6.45, 7) is 7.11. The maximum atomic E-state index is 12.2. The van der Waals surface area contributed by atoms with Crippen molar-refractivity contribution in [1.29, 1.82) is 0 Å². The van der Waals surface area contributed by atoms with Crippen LogP contribution in [0.25, 0.3) is 0 Å². The van der Waals surface area contributed by atoms with E-state index in [-0.39, 0.29) is 11.9 Å². The molecule has 4 heterocycles. The summed E-state index contributed by atoms with van der Waals surface area (Å²) in [6, 6.07) is 5.63. The van der Waals surface area contributed by atoms with Gasteiger partial charge in [0, 0.05) is 25.3 Å². The van der Waals surface area contributed by atoms with Gasteiger partial charge in [0.1, 0.15) is 5.69 Å². The lowest BCUT2D eigenvalue weighted by Crippen LogP contribution is -2.60. The standard InChI is InChI=1S/C15H19N3O/c1-2-11-9-18-8-6-12(11)14(10-18)17-15(19)13-5-3-4-7-16-13/h2-5,7,11-12,14H,1,6,8-10H2,(H,17,19). The van der Waals surface area contributed by atoms with E-state index in [0.29, 0.717) is 17.5 Å². The van der Waals surface area contributed by atoms with Crippen LogP contribution in [0.15, 0.2) is 37.1 Å². The molecule has 3 saturated heterocycles. The first kappa shape index (κ1) is 12.4. The highest BCUT2D eigenvalue weighted by Gasteiger charge is 2.40. The first-order valence-electron chi connectivity index (χ1n) is 6.84. The number of carbonyl (C=O) groups is 1. The van der Waals surface area contributed by atoms with Gasteiger partial charge in [0.15, 0.2) is 0 Å². The smallest absolute Gasteiger partial charge is 0.270 e. The second-order valence-corrected chi connectivity index (χ2v) is 5.41. The highest BCUT2D eigenvalue weighted by atomic mass is 16.1. The predicted octanol–water partition coefficient (Wildman–Crippen LogP) is 1.32. The fourth-order valence-corrected chi connectivity index (χ4v) is 3.29. The van der Waals surface area contributed by atoms with Crippen LogP contribution in [0.2, 0.25) is 0 Å². The van der Waals surface area contributed by atoms with Crippen LogP contribution in [0.1, 0.15) is 16.9 Å². The molecular weight excluding hydrogens is 238 g/mol. The molecule has 4 rings (SSSR count). The quantitative estimate of drug-likeness (QED) is 0.831. The van der Waals surface area contributed by atoms with Gasteiger partial charge >= 0.3 is 0 Å². The fraction of sp³-hybridized carbons (Fsp3) is 0.467. The Kier molecular flexibility index (Phi) is 3.34. The third kappa shape index (κ3) is 2.40. The summed E-state index contributed by atoms with van der Waals surface area (Å²) in [5, 5.41) is 3.14. The first-order valence-corrected chi connectivity index (χ1v) is 6.84. The maximum absolute atomic E-state index is 12.2. The van der Waals surface area contributed by atoms with Crippen molar-refractivity contribution < 1.29 is 4.79 Å². The average Bonchev–Trinajstić information content (AvgIpc) is 2.48. The van der Waals surface area contributed by atoms with Crippen LogP contribution >= 0.6 is 0 Å². The average molecular weight is 257 g/mol. The van der Waals surface area contributed by atoms with Gasteiger partial charge in [-0.15, -0.1) is 6.58 Å². The number of nitrogens with one attached hydrogen (secondary N) is 1. The zero-order chi connectivity index (χ0) is 13.2. The van der Waals surface area contributed by atoms with Crippen LogP contribution in [0.3, 0.4) is 0 Å². The number of hydrogen-bond donors (Lipinski definition) is 1. The van der Waals surface area contributed by atoms with E-state index in [4.69, 9.17) is 0 Å². The Balaban J connectivity index is 1.70. The van der Waals surface area contributed by atoms with Gasteiger partial charge in [0.2, 0.25) is 0 Å². The van der Waals surface area contributed by atoms with Gasteiger partial charge in [-0.1, -0.05) is 12.1 Å². The van der Waals surface area contributed by atoms with Gasteiger partial charge < -0.3 is 10.2 Å². The number of carbonyl (C=O) groups excluding carboxylic acids is 1. The zero-order valence-corrected chi connectivity index (χ0v) is 11.0. The van der Waals surface area contributed by atoms with Gasteiger partial charge in [-0.2, -0.15) is 0 Å². The van der Waals surface area contributed by atoms with Crippen molar-refractivity contribution >= 4 is 5.91 Å². The molecule has 4 heteroatoms. The van der Waals surface area contributed by atoms with Crippen LogP contribution in [0.5, 0.6) is 0 Å². The van der Waals surface area contributed by atoms with E-state index >= 15 is 0 Å². The summed E-state index contributed by atoms with van der Waals surface area (Å²) in [7, 11) is 0. The number of rotatable bonds is 3. The Bertz CT molecular complexity index is 474. The molecule has 0 radical (unpaired) electrons. The van der Waals surface area contributed by atoms with Crippen molar-refractivity contribution in [3.05, 3.63) is 42.7 Å². The largest absolute Gasteiger partial charge is 0.346 e. The molecule has 0 aromatic carbocycles. The van der Waals surface area contributed by atoms with Crippen molar-refractivity contribution in [1.82, 2.24) is 15.2 Å². The molecule has 100 valence electrons. The van der Waals surface area contributed by atoms with Crippen molar-refractivity contribution in [3.63, 3.8) is 0 Å². The number of hydrogen-bond acceptors (Lipinski definition) is 3. The lowest BCUT2D eigenvalue weighted by atomic mass is 9.76. The van der Waals surface area contributed by atoms with E-state index < -0.39 is 0 Å². The van der Waals surface area contributed by atoms with Crippen LogP contribution in [0, 0.1) is 11.8 Å². The van der Waals surface area contributed by atoms with E-state index in [1.165, 1.54) is 0 Å². The molecule has 4 unspecified atom stereocenters. The maximum Gasteiger partial charge on any atom is 0.270 e. The molecule has 3 aliphatic heterocycles. The molecule has 3 aliphatic rings. The topological polar surface area (TPSA) is 45.2 Å². The molecular formula is C15H19N3O. The van der Waals surface area contributed by atoms with Crippen molar-refractivity contribution in [2.45, 2.75) is 12.5 Å². The Hall–Kier alpha value is -1.68. The zero-order valence-electron chi connectivity index (χ0n) is 11.0. The predicted molar refractivity (Wildman–Crippen MR) is 73.7 cm³/mol.